The molecule has 0 bridgehead atoms. The molecule has 0 fully saturated rings. The van der Waals surface area contributed by atoms with Crippen LogP contribution in [-0.2, 0) is 39.2 Å². The summed E-state index contributed by atoms with van der Waals surface area (Å²) in [5.74, 6) is -0.965. The number of aliphatic hydroxyl groups excluding tert-OH is 1. The van der Waals surface area contributed by atoms with Crippen LogP contribution in [0.2, 0.25) is 0 Å². The van der Waals surface area contributed by atoms with Crippen molar-refractivity contribution in [1.82, 2.24) is 15.4 Å². The second-order valence-corrected chi connectivity index (χ2v) is 10.8. The van der Waals surface area contributed by atoms with Crippen molar-refractivity contribution in [2.75, 3.05) is 18.9 Å². The van der Waals surface area contributed by atoms with Crippen LogP contribution in [0, 0.1) is 0 Å². The topological polar surface area (TPSA) is 160 Å². The Morgan fingerprint density at radius 1 is 0.846 bits per heavy atom. The number of carbonyl (C=O) groups is 2. The minimum Gasteiger partial charge on any atom is -0.489 e. The molecule has 0 saturated heterocycles. The van der Waals surface area contributed by atoms with E-state index in [2.05, 4.69) is 15.4 Å². The van der Waals surface area contributed by atoms with Crippen molar-refractivity contribution in [2.24, 2.45) is 5.73 Å². The van der Waals surface area contributed by atoms with Crippen molar-refractivity contribution < 1.29 is 27.9 Å². The lowest BCUT2D eigenvalue weighted by molar-refractivity contribution is -0.130. The third-order valence-electron chi connectivity index (χ3n) is 5.79. The summed E-state index contributed by atoms with van der Waals surface area (Å²) < 4.78 is 33.0. The molecule has 6 N–H and O–H groups in total. The first-order valence-corrected chi connectivity index (χ1v) is 14.1. The number of nitrogens with one attached hydrogen (secondary N) is 3. The van der Waals surface area contributed by atoms with E-state index >= 15 is 0 Å². The van der Waals surface area contributed by atoms with Gasteiger partial charge in [-0.25, -0.2) is 13.1 Å². The van der Waals surface area contributed by atoms with Gasteiger partial charge in [0.05, 0.1) is 12.4 Å². The summed E-state index contributed by atoms with van der Waals surface area (Å²) in [7, 11) is -3.65. The first-order valence-electron chi connectivity index (χ1n) is 12.5. The number of carbonyl (C=O) groups excluding carboxylic acids is 2. The van der Waals surface area contributed by atoms with Crippen LogP contribution in [0.3, 0.4) is 0 Å². The van der Waals surface area contributed by atoms with Gasteiger partial charge in [0.25, 0.3) is 0 Å². The molecule has 3 aromatic carbocycles. The lowest BCUT2D eigenvalue weighted by Gasteiger charge is -2.20. The zero-order valence-electron chi connectivity index (χ0n) is 21.5. The van der Waals surface area contributed by atoms with Crippen LogP contribution in [0.25, 0.3) is 0 Å². The molecule has 2 atom stereocenters. The van der Waals surface area contributed by atoms with Crippen molar-refractivity contribution >= 4 is 21.8 Å². The maximum atomic E-state index is 12.9. The standard InChI is InChI=1S/C28H34N4O6S/c29-25(19-33)27(34)32-26(17-21-11-13-24(14-12-21)38-20-23-9-5-2-6-10-23)28(35)30-15-16-39(36,37)31-18-22-7-3-1-4-8-22/h1-14,25-26,31,33H,15-20,29H2,(H,30,35)(H,32,34)/t25-,26-/m0/s1. The van der Waals surface area contributed by atoms with Gasteiger partial charge in [-0.05, 0) is 28.8 Å². The minimum atomic E-state index is -3.65. The van der Waals surface area contributed by atoms with Crippen molar-refractivity contribution in [3.8, 4) is 5.75 Å². The largest absolute Gasteiger partial charge is 0.489 e. The number of aliphatic hydroxyl groups is 1. The van der Waals surface area contributed by atoms with Gasteiger partial charge in [-0.2, -0.15) is 0 Å². The molecule has 0 aromatic heterocycles. The molecule has 0 saturated carbocycles. The van der Waals surface area contributed by atoms with Crippen molar-refractivity contribution in [3.63, 3.8) is 0 Å². The summed E-state index contributed by atoms with van der Waals surface area (Å²) in [4.78, 5) is 25.2. The van der Waals surface area contributed by atoms with E-state index in [1.165, 1.54) is 0 Å². The van der Waals surface area contributed by atoms with E-state index in [-0.39, 0.29) is 25.3 Å². The molecule has 0 aliphatic carbocycles. The predicted molar refractivity (Wildman–Crippen MR) is 148 cm³/mol. The first kappa shape index (κ1) is 29.8. The lowest BCUT2D eigenvalue weighted by Crippen LogP contribution is -2.53. The van der Waals surface area contributed by atoms with E-state index < -0.39 is 40.5 Å². The Balaban J connectivity index is 1.56. The highest BCUT2D eigenvalue weighted by atomic mass is 32.2. The van der Waals surface area contributed by atoms with Gasteiger partial charge < -0.3 is 26.2 Å². The lowest BCUT2D eigenvalue weighted by atomic mass is 10.0. The Kier molecular flexibility index (Phi) is 11.4. The Morgan fingerprint density at radius 2 is 1.46 bits per heavy atom. The third kappa shape index (κ3) is 10.5. The van der Waals surface area contributed by atoms with Crippen LogP contribution < -0.4 is 25.8 Å². The molecule has 0 spiro atoms. The molecule has 11 heteroatoms. The quantitative estimate of drug-likeness (QED) is 0.186. The number of hydrogen-bond acceptors (Lipinski definition) is 7. The van der Waals surface area contributed by atoms with Crippen LogP contribution in [0.15, 0.2) is 84.9 Å². The van der Waals surface area contributed by atoms with Gasteiger partial charge in [-0.1, -0.05) is 72.8 Å². The molecule has 0 radical (unpaired) electrons. The van der Waals surface area contributed by atoms with E-state index in [9.17, 15) is 23.1 Å². The van der Waals surface area contributed by atoms with Crippen molar-refractivity contribution in [1.29, 1.82) is 0 Å². The number of sulfonamides is 1. The second-order valence-electron chi connectivity index (χ2n) is 8.89. The molecule has 3 aromatic rings. The summed E-state index contributed by atoms with van der Waals surface area (Å²) in [6.45, 7) is -0.198. The summed E-state index contributed by atoms with van der Waals surface area (Å²) in [5, 5.41) is 14.3. The van der Waals surface area contributed by atoms with E-state index in [0.29, 0.717) is 12.4 Å². The fraction of sp³-hybridized carbons (Fsp3) is 0.286. The normalized spacial score (nSPS) is 12.8. The predicted octanol–water partition coefficient (Wildman–Crippen LogP) is 0.848. The van der Waals surface area contributed by atoms with Crippen LogP contribution in [0.5, 0.6) is 5.75 Å². The van der Waals surface area contributed by atoms with Crippen LogP contribution >= 0.6 is 0 Å². The highest BCUT2D eigenvalue weighted by Gasteiger charge is 2.24. The Labute approximate surface area is 228 Å². The highest BCUT2D eigenvalue weighted by molar-refractivity contribution is 7.89. The maximum absolute atomic E-state index is 12.9. The molecule has 3 rings (SSSR count). The van der Waals surface area contributed by atoms with Crippen LogP contribution in [0.1, 0.15) is 16.7 Å². The third-order valence-corrected chi connectivity index (χ3v) is 7.11. The first-order chi connectivity index (χ1) is 18.8. The van der Waals surface area contributed by atoms with Crippen LogP contribution in [-0.4, -0.2) is 56.3 Å². The molecule has 0 heterocycles. The number of rotatable bonds is 15. The average Bonchev–Trinajstić information content (AvgIpc) is 2.96. The molecule has 0 aliphatic rings. The minimum absolute atomic E-state index is 0.119. The fourth-order valence-electron chi connectivity index (χ4n) is 3.56. The molecular formula is C28H34N4O6S. The monoisotopic (exact) mass is 554 g/mol. The fourth-order valence-corrected chi connectivity index (χ4v) is 4.46. The van der Waals surface area contributed by atoms with Crippen molar-refractivity contribution in [2.45, 2.75) is 31.7 Å². The van der Waals surface area contributed by atoms with Gasteiger partial charge in [0, 0.05) is 19.5 Å². The smallest absolute Gasteiger partial charge is 0.242 e. The Bertz CT molecular complexity index is 1290. The Hall–Kier alpha value is -3.77. The summed E-state index contributed by atoms with van der Waals surface area (Å²) >= 11 is 0. The maximum Gasteiger partial charge on any atom is 0.242 e. The number of benzene rings is 3. The molecular weight excluding hydrogens is 520 g/mol. The van der Waals surface area contributed by atoms with E-state index in [1.54, 1.807) is 36.4 Å². The summed E-state index contributed by atoms with van der Waals surface area (Å²) in [6.07, 6.45) is 0.119. The zero-order chi connectivity index (χ0) is 28.1. The van der Waals surface area contributed by atoms with Gasteiger partial charge in [-0.3, -0.25) is 9.59 Å². The van der Waals surface area contributed by atoms with Crippen LogP contribution in [0.4, 0.5) is 0 Å². The van der Waals surface area contributed by atoms with Gasteiger partial charge in [0.2, 0.25) is 21.8 Å². The molecule has 0 unspecified atom stereocenters. The van der Waals surface area contributed by atoms with Gasteiger partial charge in [-0.15, -0.1) is 0 Å². The number of hydrogen-bond donors (Lipinski definition) is 5. The molecule has 208 valence electrons. The van der Waals surface area contributed by atoms with Gasteiger partial charge >= 0.3 is 0 Å². The molecule has 39 heavy (non-hydrogen) atoms. The number of amides is 2. The molecule has 10 nitrogen and oxygen atoms in total. The average molecular weight is 555 g/mol. The number of nitrogens with two attached hydrogens (primary N) is 1. The van der Waals surface area contributed by atoms with Gasteiger partial charge in [0.1, 0.15) is 24.4 Å². The van der Waals surface area contributed by atoms with E-state index in [4.69, 9.17) is 10.5 Å². The highest BCUT2D eigenvalue weighted by Crippen LogP contribution is 2.15. The van der Waals surface area contributed by atoms with Gasteiger partial charge in [0.15, 0.2) is 0 Å². The zero-order valence-corrected chi connectivity index (χ0v) is 22.3. The van der Waals surface area contributed by atoms with E-state index in [0.717, 1.165) is 16.7 Å². The second kappa shape index (κ2) is 15.0. The summed E-state index contributed by atoms with van der Waals surface area (Å²) in [5.41, 5.74) is 8.17. The van der Waals surface area contributed by atoms with E-state index in [1.807, 2.05) is 48.5 Å². The molecule has 0 aliphatic heterocycles. The van der Waals surface area contributed by atoms with Crippen molar-refractivity contribution in [3.05, 3.63) is 102 Å². The number of ether oxygens (including phenoxy) is 1. The summed E-state index contributed by atoms with van der Waals surface area (Å²) in [6, 6.07) is 23.6. The molecule has 2 amide bonds. The Morgan fingerprint density at radius 3 is 2.08 bits per heavy atom. The SMILES string of the molecule is N[C@@H](CO)C(=O)N[C@@H](Cc1ccc(OCc2ccccc2)cc1)C(=O)NCCS(=O)(=O)NCc1ccccc1.